The first-order valence-corrected chi connectivity index (χ1v) is 6.19. The highest BCUT2D eigenvalue weighted by molar-refractivity contribution is 7.90. The molecule has 86 valence electrons. The molecular weight excluding hydrogens is 226 g/mol. The molecule has 5 nitrogen and oxygen atoms in total. The summed E-state index contributed by atoms with van der Waals surface area (Å²) in [5.74, 6) is 0. The van der Waals surface area contributed by atoms with Gasteiger partial charge in [-0.15, -0.1) is 0 Å². The van der Waals surface area contributed by atoms with Crippen LogP contribution in [0.5, 0.6) is 0 Å². The second kappa shape index (κ2) is 4.96. The van der Waals surface area contributed by atoms with Crippen molar-refractivity contribution >= 4 is 15.9 Å². The lowest BCUT2D eigenvalue weighted by Gasteiger charge is -2.19. The third-order valence-corrected chi connectivity index (χ3v) is 3.61. The third kappa shape index (κ3) is 2.72. The van der Waals surface area contributed by atoms with Crippen LogP contribution >= 0.6 is 0 Å². The molecule has 0 heterocycles. The van der Waals surface area contributed by atoms with Crippen LogP contribution in [0.4, 0.5) is 5.69 Å². The Morgan fingerprint density at radius 1 is 1.50 bits per heavy atom. The molecule has 1 aromatic carbocycles. The minimum Gasteiger partial charge on any atom is -0.261 e. The summed E-state index contributed by atoms with van der Waals surface area (Å²) in [6, 6.07) is 8.39. The number of nitrogens with one attached hydrogen (secondary N) is 1. The summed E-state index contributed by atoms with van der Waals surface area (Å²) in [5.41, 5.74) is 0.885. The molecule has 0 fully saturated rings. The van der Waals surface area contributed by atoms with Gasteiger partial charge in [-0.3, -0.25) is 4.31 Å². The summed E-state index contributed by atoms with van der Waals surface area (Å²) in [5, 5.41) is 8.72. The zero-order valence-corrected chi connectivity index (χ0v) is 9.95. The van der Waals surface area contributed by atoms with Gasteiger partial charge in [-0.25, -0.2) is 0 Å². The van der Waals surface area contributed by atoms with Gasteiger partial charge in [0.25, 0.3) is 0 Å². The highest BCUT2D eigenvalue weighted by atomic mass is 32.2. The minimum absolute atomic E-state index is 0.324. The Hall–Kier alpha value is -1.58. The average Bonchev–Trinajstić information content (AvgIpc) is 2.28. The van der Waals surface area contributed by atoms with E-state index in [4.69, 9.17) is 5.26 Å². The number of nitrogens with zero attached hydrogens (tertiary/aromatic N) is 2. The summed E-state index contributed by atoms with van der Waals surface area (Å²) >= 11 is 0. The van der Waals surface area contributed by atoms with Crippen molar-refractivity contribution in [3.05, 3.63) is 29.8 Å². The molecule has 16 heavy (non-hydrogen) atoms. The minimum atomic E-state index is -3.51. The predicted molar refractivity (Wildman–Crippen MR) is 62.2 cm³/mol. The molecular formula is C10H13N3O2S. The predicted octanol–water partition coefficient (Wildman–Crippen LogP) is 0.849. The zero-order valence-electron chi connectivity index (χ0n) is 9.14. The fourth-order valence-electron chi connectivity index (χ4n) is 1.19. The van der Waals surface area contributed by atoms with E-state index in [1.54, 1.807) is 25.1 Å². The van der Waals surface area contributed by atoms with E-state index in [9.17, 15) is 8.42 Å². The van der Waals surface area contributed by atoms with Crippen molar-refractivity contribution in [3.8, 4) is 6.07 Å². The Morgan fingerprint density at radius 2 is 2.19 bits per heavy atom. The van der Waals surface area contributed by atoms with Gasteiger partial charge < -0.3 is 0 Å². The van der Waals surface area contributed by atoms with Crippen molar-refractivity contribution in [1.82, 2.24) is 4.72 Å². The Labute approximate surface area is 95.5 Å². The van der Waals surface area contributed by atoms with E-state index < -0.39 is 10.2 Å². The van der Waals surface area contributed by atoms with Crippen LogP contribution in [0.1, 0.15) is 12.5 Å². The lowest BCUT2D eigenvalue weighted by molar-refractivity contribution is 0.582. The summed E-state index contributed by atoms with van der Waals surface area (Å²) in [7, 11) is -2.08. The molecule has 0 aromatic heterocycles. The average molecular weight is 239 g/mol. The van der Waals surface area contributed by atoms with Crippen molar-refractivity contribution in [1.29, 1.82) is 5.26 Å². The SMILES string of the molecule is CCNS(=O)(=O)N(C)c1cccc(C#N)c1. The van der Waals surface area contributed by atoms with Gasteiger partial charge in [-0.2, -0.15) is 18.4 Å². The highest BCUT2D eigenvalue weighted by Gasteiger charge is 2.16. The molecule has 0 aliphatic rings. The summed E-state index contributed by atoms with van der Waals surface area (Å²) in [4.78, 5) is 0. The first-order chi connectivity index (χ1) is 7.51. The normalized spacial score (nSPS) is 10.8. The summed E-state index contributed by atoms with van der Waals surface area (Å²) < 4.78 is 26.8. The van der Waals surface area contributed by atoms with E-state index in [2.05, 4.69) is 4.72 Å². The van der Waals surface area contributed by atoms with Crippen LogP contribution in [0.3, 0.4) is 0 Å². The van der Waals surface area contributed by atoms with E-state index >= 15 is 0 Å². The fourth-order valence-corrected chi connectivity index (χ4v) is 2.14. The highest BCUT2D eigenvalue weighted by Crippen LogP contribution is 2.16. The Balaban J connectivity index is 3.06. The molecule has 0 bridgehead atoms. The largest absolute Gasteiger partial charge is 0.301 e. The maximum atomic E-state index is 11.7. The van der Waals surface area contributed by atoms with E-state index in [0.717, 1.165) is 4.31 Å². The summed E-state index contributed by atoms with van der Waals surface area (Å²) in [6.07, 6.45) is 0. The molecule has 0 aliphatic heterocycles. The lowest BCUT2D eigenvalue weighted by Crippen LogP contribution is -2.38. The molecule has 1 aromatic rings. The number of nitriles is 1. The second-order valence-electron chi connectivity index (χ2n) is 3.13. The Kier molecular flexibility index (Phi) is 3.88. The van der Waals surface area contributed by atoms with Gasteiger partial charge in [-0.1, -0.05) is 13.0 Å². The smallest absolute Gasteiger partial charge is 0.261 e. The van der Waals surface area contributed by atoms with Gasteiger partial charge in [-0.05, 0) is 18.2 Å². The molecule has 0 spiro atoms. The van der Waals surface area contributed by atoms with Gasteiger partial charge in [0, 0.05) is 13.6 Å². The van der Waals surface area contributed by atoms with Crippen molar-refractivity contribution in [2.75, 3.05) is 17.9 Å². The van der Waals surface area contributed by atoms with E-state index in [-0.39, 0.29) is 0 Å². The van der Waals surface area contributed by atoms with Gasteiger partial charge in [0.2, 0.25) is 0 Å². The molecule has 0 aliphatic carbocycles. The quantitative estimate of drug-likeness (QED) is 0.846. The van der Waals surface area contributed by atoms with Crippen LogP contribution in [-0.4, -0.2) is 22.0 Å². The van der Waals surface area contributed by atoms with Crippen LogP contribution in [0.25, 0.3) is 0 Å². The van der Waals surface area contributed by atoms with Crippen LogP contribution < -0.4 is 9.03 Å². The maximum absolute atomic E-state index is 11.7. The molecule has 0 unspecified atom stereocenters. The van der Waals surface area contributed by atoms with E-state index in [1.165, 1.54) is 13.1 Å². The molecule has 0 saturated heterocycles. The van der Waals surface area contributed by atoms with Crippen molar-refractivity contribution in [2.24, 2.45) is 0 Å². The standard InChI is InChI=1S/C10H13N3O2S/c1-3-12-16(14,15)13(2)10-6-4-5-9(7-10)8-11/h4-7,12H,3H2,1-2H3. The lowest BCUT2D eigenvalue weighted by atomic mass is 10.2. The molecule has 0 atom stereocenters. The van der Waals surface area contributed by atoms with Gasteiger partial charge in [0.1, 0.15) is 0 Å². The number of hydrogen-bond donors (Lipinski definition) is 1. The molecule has 1 rings (SSSR count). The number of anilines is 1. The van der Waals surface area contributed by atoms with Gasteiger partial charge >= 0.3 is 10.2 Å². The first-order valence-electron chi connectivity index (χ1n) is 4.75. The maximum Gasteiger partial charge on any atom is 0.301 e. The van der Waals surface area contributed by atoms with Gasteiger partial charge in [0.05, 0.1) is 17.3 Å². The fraction of sp³-hybridized carbons (Fsp3) is 0.300. The van der Waals surface area contributed by atoms with E-state index in [1.807, 2.05) is 6.07 Å². The molecule has 0 amide bonds. The first kappa shape index (κ1) is 12.5. The zero-order chi connectivity index (χ0) is 12.2. The van der Waals surface area contributed by atoms with Crippen LogP contribution in [0.2, 0.25) is 0 Å². The van der Waals surface area contributed by atoms with Crippen molar-refractivity contribution in [3.63, 3.8) is 0 Å². The summed E-state index contributed by atoms with van der Waals surface area (Å²) in [6.45, 7) is 2.03. The second-order valence-corrected chi connectivity index (χ2v) is 4.92. The van der Waals surface area contributed by atoms with E-state index in [0.29, 0.717) is 17.8 Å². The van der Waals surface area contributed by atoms with Crippen molar-refractivity contribution in [2.45, 2.75) is 6.92 Å². The third-order valence-electron chi connectivity index (χ3n) is 2.03. The van der Waals surface area contributed by atoms with Crippen LogP contribution in [0, 0.1) is 11.3 Å². The number of benzene rings is 1. The van der Waals surface area contributed by atoms with Crippen molar-refractivity contribution < 1.29 is 8.42 Å². The Morgan fingerprint density at radius 3 is 2.75 bits per heavy atom. The number of hydrogen-bond acceptors (Lipinski definition) is 3. The molecule has 6 heteroatoms. The number of rotatable bonds is 4. The Bertz CT molecular complexity index is 505. The molecule has 0 radical (unpaired) electrons. The topological polar surface area (TPSA) is 73.2 Å². The molecule has 0 saturated carbocycles. The molecule has 1 N–H and O–H groups in total. The van der Waals surface area contributed by atoms with Crippen LogP contribution in [0.15, 0.2) is 24.3 Å². The monoisotopic (exact) mass is 239 g/mol. The van der Waals surface area contributed by atoms with Gasteiger partial charge in [0.15, 0.2) is 0 Å². The van der Waals surface area contributed by atoms with Crippen LogP contribution in [-0.2, 0) is 10.2 Å².